The number of aryl methyl sites for hydroxylation is 1. The Balaban J connectivity index is 2.13. The van der Waals surface area contributed by atoms with Gasteiger partial charge in [0.05, 0.1) is 5.69 Å². The van der Waals surface area contributed by atoms with Crippen LogP contribution in [0.25, 0.3) is 0 Å². The van der Waals surface area contributed by atoms with E-state index in [9.17, 15) is 0 Å². The molecule has 1 heterocycles. The smallest absolute Gasteiger partial charge is 0.0514 e. The van der Waals surface area contributed by atoms with Crippen molar-refractivity contribution in [2.45, 2.75) is 32.7 Å². The number of nitrogens with one attached hydrogen (secondary N) is 1. The van der Waals surface area contributed by atoms with E-state index in [1.807, 2.05) is 0 Å². The van der Waals surface area contributed by atoms with Gasteiger partial charge in [0.25, 0.3) is 0 Å². The summed E-state index contributed by atoms with van der Waals surface area (Å²) in [4.78, 5) is 2.49. The maximum absolute atomic E-state index is 3.71. The van der Waals surface area contributed by atoms with Crippen molar-refractivity contribution in [3.05, 3.63) is 28.2 Å². The standard InChI is InChI=1S/C14H21BrN2/c1-3-5-12-10-17(9-8-16-12)13-7-4-6-11(2)14(13)15/h4,6-7,12,16H,3,5,8-10H2,1-2H3. The number of rotatable bonds is 3. The molecule has 1 aromatic carbocycles. The van der Waals surface area contributed by atoms with Crippen molar-refractivity contribution in [3.63, 3.8) is 0 Å². The Morgan fingerprint density at radius 2 is 2.29 bits per heavy atom. The molecule has 1 N–H and O–H groups in total. The molecule has 0 aliphatic carbocycles. The Bertz CT molecular complexity index is 376. The lowest BCUT2D eigenvalue weighted by atomic mass is 10.1. The summed E-state index contributed by atoms with van der Waals surface area (Å²) in [6.45, 7) is 7.71. The summed E-state index contributed by atoms with van der Waals surface area (Å²) < 4.78 is 1.25. The molecule has 1 atom stereocenters. The summed E-state index contributed by atoms with van der Waals surface area (Å²) in [7, 11) is 0. The van der Waals surface area contributed by atoms with Crippen LogP contribution in [0, 0.1) is 6.92 Å². The quantitative estimate of drug-likeness (QED) is 0.920. The van der Waals surface area contributed by atoms with Crippen LogP contribution in [0.2, 0.25) is 0 Å². The van der Waals surface area contributed by atoms with Crippen LogP contribution in [0.1, 0.15) is 25.3 Å². The minimum atomic E-state index is 0.640. The van der Waals surface area contributed by atoms with Gasteiger partial charge < -0.3 is 10.2 Å². The van der Waals surface area contributed by atoms with Crippen LogP contribution >= 0.6 is 15.9 Å². The zero-order chi connectivity index (χ0) is 12.3. The lowest BCUT2D eigenvalue weighted by molar-refractivity contribution is 0.430. The summed E-state index contributed by atoms with van der Waals surface area (Å²) in [6, 6.07) is 7.15. The maximum atomic E-state index is 3.71. The first-order valence-electron chi connectivity index (χ1n) is 6.45. The molecular formula is C14H21BrN2. The van der Waals surface area contributed by atoms with Crippen LogP contribution in [0.3, 0.4) is 0 Å². The predicted molar refractivity (Wildman–Crippen MR) is 77.8 cm³/mol. The van der Waals surface area contributed by atoms with Gasteiger partial charge in [0, 0.05) is 30.1 Å². The molecule has 0 saturated carbocycles. The summed E-state index contributed by atoms with van der Waals surface area (Å²) in [5, 5.41) is 3.60. The van der Waals surface area contributed by atoms with Gasteiger partial charge in [0.2, 0.25) is 0 Å². The van der Waals surface area contributed by atoms with Gasteiger partial charge >= 0.3 is 0 Å². The summed E-state index contributed by atoms with van der Waals surface area (Å²) in [5.74, 6) is 0. The van der Waals surface area contributed by atoms with Crippen LogP contribution < -0.4 is 10.2 Å². The average molecular weight is 297 g/mol. The monoisotopic (exact) mass is 296 g/mol. The van der Waals surface area contributed by atoms with E-state index in [0.717, 1.165) is 19.6 Å². The van der Waals surface area contributed by atoms with Gasteiger partial charge in [-0.15, -0.1) is 0 Å². The molecule has 2 nitrogen and oxygen atoms in total. The number of hydrogen-bond donors (Lipinski definition) is 1. The van der Waals surface area contributed by atoms with Gasteiger partial charge in [0.1, 0.15) is 0 Å². The molecule has 0 bridgehead atoms. The second-order valence-electron chi connectivity index (χ2n) is 4.79. The molecule has 0 radical (unpaired) electrons. The van der Waals surface area contributed by atoms with E-state index in [-0.39, 0.29) is 0 Å². The lowest BCUT2D eigenvalue weighted by Crippen LogP contribution is -2.50. The van der Waals surface area contributed by atoms with Crippen molar-refractivity contribution in [2.24, 2.45) is 0 Å². The SMILES string of the molecule is CCCC1CN(c2cccc(C)c2Br)CCN1. The predicted octanol–water partition coefficient (Wildman–Crippen LogP) is 3.34. The highest BCUT2D eigenvalue weighted by Crippen LogP contribution is 2.30. The van der Waals surface area contributed by atoms with Gasteiger partial charge in [-0.05, 0) is 40.9 Å². The fourth-order valence-electron chi connectivity index (χ4n) is 2.46. The molecule has 0 amide bonds. The van der Waals surface area contributed by atoms with Crippen molar-refractivity contribution in [1.29, 1.82) is 0 Å². The topological polar surface area (TPSA) is 15.3 Å². The van der Waals surface area contributed by atoms with Gasteiger partial charge in [-0.25, -0.2) is 0 Å². The van der Waals surface area contributed by atoms with E-state index < -0.39 is 0 Å². The van der Waals surface area contributed by atoms with E-state index in [2.05, 4.69) is 58.2 Å². The minimum Gasteiger partial charge on any atom is -0.368 e. The molecule has 0 aromatic heterocycles. The summed E-state index contributed by atoms with van der Waals surface area (Å²) >= 11 is 3.71. The molecule has 1 unspecified atom stereocenters. The highest BCUT2D eigenvalue weighted by Gasteiger charge is 2.20. The molecule has 3 heteroatoms. The third kappa shape index (κ3) is 3.02. The Hall–Kier alpha value is -0.540. The molecule has 1 aliphatic rings. The molecule has 17 heavy (non-hydrogen) atoms. The highest BCUT2D eigenvalue weighted by atomic mass is 79.9. The number of halogens is 1. The Morgan fingerprint density at radius 1 is 1.47 bits per heavy atom. The van der Waals surface area contributed by atoms with E-state index >= 15 is 0 Å². The fraction of sp³-hybridized carbons (Fsp3) is 0.571. The third-order valence-corrected chi connectivity index (χ3v) is 4.44. The summed E-state index contributed by atoms with van der Waals surface area (Å²) in [5.41, 5.74) is 2.65. The van der Waals surface area contributed by atoms with Crippen LogP contribution in [0.15, 0.2) is 22.7 Å². The molecule has 94 valence electrons. The first-order valence-corrected chi connectivity index (χ1v) is 7.25. The van der Waals surface area contributed by atoms with Crippen molar-refractivity contribution < 1.29 is 0 Å². The Labute approximate surface area is 113 Å². The van der Waals surface area contributed by atoms with Crippen LogP contribution in [0.5, 0.6) is 0 Å². The third-order valence-electron chi connectivity index (χ3n) is 3.40. The molecular weight excluding hydrogens is 276 g/mol. The number of nitrogens with zero attached hydrogens (tertiary/aromatic N) is 1. The van der Waals surface area contributed by atoms with Crippen molar-refractivity contribution in [1.82, 2.24) is 5.32 Å². The largest absolute Gasteiger partial charge is 0.368 e. The fourth-order valence-corrected chi connectivity index (χ4v) is 2.98. The van der Waals surface area contributed by atoms with Crippen LogP contribution in [0.4, 0.5) is 5.69 Å². The molecule has 1 saturated heterocycles. The number of hydrogen-bond acceptors (Lipinski definition) is 2. The normalized spacial score (nSPS) is 20.6. The van der Waals surface area contributed by atoms with Crippen molar-refractivity contribution >= 4 is 21.6 Å². The zero-order valence-electron chi connectivity index (χ0n) is 10.7. The lowest BCUT2D eigenvalue weighted by Gasteiger charge is -2.36. The molecule has 1 fully saturated rings. The summed E-state index contributed by atoms with van der Waals surface area (Å²) in [6.07, 6.45) is 2.51. The molecule has 1 aliphatic heterocycles. The second-order valence-corrected chi connectivity index (χ2v) is 5.59. The van der Waals surface area contributed by atoms with E-state index in [1.165, 1.54) is 28.6 Å². The zero-order valence-corrected chi connectivity index (χ0v) is 12.3. The van der Waals surface area contributed by atoms with E-state index in [1.54, 1.807) is 0 Å². The first kappa shape index (κ1) is 12.9. The van der Waals surface area contributed by atoms with Crippen molar-refractivity contribution in [3.8, 4) is 0 Å². The highest BCUT2D eigenvalue weighted by molar-refractivity contribution is 9.10. The first-order chi connectivity index (χ1) is 8.22. The Kier molecular flexibility index (Phi) is 4.46. The van der Waals surface area contributed by atoms with Gasteiger partial charge in [-0.3, -0.25) is 0 Å². The second kappa shape index (κ2) is 5.87. The number of piperazine rings is 1. The minimum absolute atomic E-state index is 0.640. The van der Waals surface area contributed by atoms with Gasteiger partial charge in [0.15, 0.2) is 0 Å². The molecule has 0 spiro atoms. The van der Waals surface area contributed by atoms with Crippen molar-refractivity contribution in [2.75, 3.05) is 24.5 Å². The number of benzene rings is 1. The molecule has 2 rings (SSSR count). The van der Waals surface area contributed by atoms with Gasteiger partial charge in [-0.1, -0.05) is 25.5 Å². The average Bonchev–Trinajstić information content (AvgIpc) is 2.33. The maximum Gasteiger partial charge on any atom is 0.0514 e. The van der Waals surface area contributed by atoms with Crippen LogP contribution in [-0.2, 0) is 0 Å². The van der Waals surface area contributed by atoms with Crippen LogP contribution in [-0.4, -0.2) is 25.7 Å². The van der Waals surface area contributed by atoms with E-state index in [4.69, 9.17) is 0 Å². The van der Waals surface area contributed by atoms with Gasteiger partial charge in [-0.2, -0.15) is 0 Å². The Morgan fingerprint density at radius 3 is 3.06 bits per heavy atom. The molecule has 1 aromatic rings. The van der Waals surface area contributed by atoms with E-state index in [0.29, 0.717) is 6.04 Å². The number of anilines is 1.